The molecule has 2 aliphatic rings. The lowest BCUT2D eigenvalue weighted by Crippen LogP contribution is -2.55. The van der Waals surface area contributed by atoms with Crippen LogP contribution < -0.4 is 10.6 Å². The molecule has 4 heterocycles. The van der Waals surface area contributed by atoms with Crippen LogP contribution in [0.4, 0.5) is 18.4 Å². The van der Waals surface area contributed by atoms with E-state index in [4.69, 9.17) is 9.47 Å². The molecular weight excluding hydrogens is 947 g/mol. The second-order valence-electron chi connectivity index (χ2n) is 21.7. The fourth-order valence-corrected chi connectivity index (χ4v) is 9.69. The summed E-state index contributed by atoms with van der Waals surface area (Å²) in [5, 5.41) is 29.2. The van der Waals surface area contributed by atoms with Crippen LogP contribution >= 0.6 is 0 Å². The van der Waals surface area contributed by atoms with E-state index in [0.717, 1.165) is 9.80 Å². The number of β-amino-alcohol motifs (C(OH)–C–C–N with tert-alkyl or cyclic N) is 2. The van der Waals surface area contributed by atoms with E-state index in [1.807, 2.05) is 6.92 Å². The molecule has 8 atom stereocenters. The number of fused-ring (bicyclic) bond motifs is 2. The summed E-state index contributed by atoms with van der Waals surface area (Å²) in [6, 6.07) is 3.36. The molecular formula is C53H74F2N8O10. The van der Waals surface area contributed by atoms with Crippen molar-refractivity contribution in [3.05, 3.63) is 59.2 Å². The minimum atomic E-state index is -1.01. The van der Waals surface area contributed by atoms with Crippen molar-refractivity contribution in [1.82, 2.24) is 40.2 Å². The summed E-state index contributed by atoms with van der Waals surface area (Å²) in [7, 11) is 2.88. The number of benzene rings is 2. The van der Waals surface area contributed by atoms with Crippen molar-refractivity contribution in [2.45, 2.75) is 174 Å². The van der Waals surface area contributed by atoms with Gasteiger partial charge < -0.3 is 50.1 Å². The van der Waals surface area contributed by atoms with Crippen LogP contribution in [-0.4, -0.2) is 162 Å². The number of carbonyl (C=O) groups is 6. The Bertz CT molecular complexity index is 2690. The van der Waals surface area contributed by atoms with Gasteiger partial charge >= 0.3 is 12.2 Å². The first-order valence-electron chi connectivity index (χ1n) is 25.2. The Labute approximate surface area is 425 Å². The number of likely N-dealkylation sites (tertiary alicyclic amines) is 2. The zero-order valence-corrected chi connectivity index (χ0v) is 44.2. The fraction of sp³-hybridized carbons (Fsp3) is 0.585. The van der Waals surface area contributed by atoms with Gasteiger partial charge in [-0.3, -0.25) is 29.0 Å². The van der Waals surface area contributed by atoms with Gasteiger partial charge in [0.15, 0.2) is 0 Å². The average Bonchev–Trinajstić information content (AvgIpc) is 4.07. The molecule has 73 heavy (non-hydrogen) atoms. The molecule has 6 amide bonds. The van der Waals surface area contributed by atoms with Gasteiger partial charge in [-0.05, 0) is 141 Å². The Hall–Kier alpha value is -6.28. The van der Waals surface area contributed by atoms with Gasteiger partial charge in [-0.1, -0.05) is 20.3 Å². The number of amides is 6. The lowest BCUT2D eigenvalue weighted by atomic mass is 9.94. The number of rotatable bonds is 16. The highest BCUT2D eigenvalue weighted by molar-refractivity contribution is 5.97. The number of hydrogen-bond acceptors (Lipinski definition) is 10. The van der Waals surface area contributed by atoms with Crippen molar-refractivity contribution < 1.29 is 57.2 Å². The number of aromatic nitrogens is 2. The van der Waals surface area contributed by atoms with Crippen molar-refractivity contribution in [2.24, 2.45) is 0 Å². The van der Waals surface area contributed by atoms with Crippen molar-refractivity contribution in [2.75, 3.05) is 27.2 Å². The summed E-state index contributed by atoms with van der Waals surface area (Å²) < 4.78 is 40.9. The third-order valence-electron chi connectivity index (χ3n) is 13.7. The second kappa shape index (κ2) is 22.5. The Balaban J connectivity index is 1.32. The number of nitrogens with one attached hydrogen (secondary N) is 4. The maximum atomic E-state index is 15.0. The molecule has 4 aromatic rings. The van der Waals surface area contributed by atoms with Crippen LogP contribution in [0.2, 0.25) is 0 Å². The Morgan fingerprint density at radius 1 is 0.685 bits per heavy atom. The molecule has 2 aromatic heterocycles. The topological polar surface area (TPSA) is 230 Å². The highest BCUT2D eigenvalue weighted by Gasteiger charge is 2.42. The number of carbonyl (C=O) groups excluding carboxylic acids is 6. The van der Waals surface area contributed by atoms with Crippen LogP contribution in [0.1, 0.15) is 112 Å². The summed E-state index contributed by atoms with van der Waals surface area (Å²) in [4.78, 5) is 94.1. The molecule has 0 bridgehead atoms. The third-order valence-corrected chi connectivity index (χ3v) is 13.7. The lowest BCUT2D eigenvalue weighted by molar-refractivity contribution is -0.138. The third kappa shape index (κ3) is 13.1. The Kier molecular flexibility index (Phi) is 17.2. The molecule has 0 aliphatic carbocycles. The van der Waals surface area contributed by atoms with E-state index in [1.54, 1.807) is 70.4 Å². The van der Waals surface area contributed by atoms with Crippen molar-refractivity contribution >= 4 is 57.6 Å². The van der Waals surface area contributed by atoms with E-state index in [-0.39, 0.29) is 51.6 Å². The predicted octanol–water partition coefficient (Wildman–Crippen LogP) is 6.29. The average molecular weight is 1020 g/mol. The van der Waals surface area contributed by atoms with E-state index in [9.17, 15) is 39.0 Å². The van der Waals surface area contributed by atoms with Gasteiger partial charge in [-0.15, -0.1) is 0 Å². The molecule has 2 saturated heterocycles. The molecule has 0 radical (unpaired) electrons. The molecule has 0 spiro atoms. The van der Waals surface area contributed by atoms with Crippen LogP contribution in [0.3, 0.4) is 0 Å². The monoisotopic (exact) mass is 1020 g/mol. The summed E-state index contributed by atoms with van der Waals surface area (Å²) in [5.41, 5.74) is 1.56. The second-order valence-corrected chi connectivity index (χ2v) is 21.7. The summed E-state index contributed by atoms with van der Waals surface area (Å²) in [6.45, 7) is 16.9. The SMILES string of the molecule is CCC[C@H](NC(=O)[C@H](C)N(C)C(=O)OC(C)(C)C)C(=O)N1C[C@@H](O)C[C@H]1Cc1c(-c2[nH]c3cc(F)ccc3c2C[C@@H]2C[C@H](O)CN2C(=O)[C@H](CC)NC(=O)[C@H](C)N(C)C(=O)OC(C)(C)C)[nH]c2cc(F)ccc12. The standard InChI is InChI=1S/C53H74F2N8O10/c1-13-15-41(59-47(67)29(4)61(12)51(71)73-53(8,9)10)49(69)63-27-35(65)23-33(63)25-39-37-19-17-31(55)21-43(37)57-45(39)44-38(36-18-16-30(54)20-42(36)56-44)24-32-22-34(64)26-62(32)48(68)40(14-2)58-46(66)28(3)60(11)50(70)72-52(5,6)7/h16-21,28-29,32-35,40-41,56-57,64-65H,13-15,22-27H2,1-12H3,(H,58,66)(H,59,67)/t28-,29-,32-,33-,34-,35-,40-,41-/m0/s1. The van der Waals surface area contributed by atoms with Gasteiger partial charge in [0.25, 0.3) is 0 Å². The molecule has 18 nitrogen and oxygen atoms in total. The number of nitrogens with zero attached hydrogens (tertiary/aromatic N) is 4. The maximum Gasteiger partial charge on any atom is 0.410 e. The summed E-state index contributed by atoms with van der Waals surface area (Å²) >= 11 is 0. The molecule has 2 fully saturated rings. The number of aliphatic hydroxyl groups excluding tert-OH is 2. The molecule has 2 aromatic carbocycles. The first kappa shape index (κ1) is 56.0. The molecule has 2 aliphatic heterocycles. The van der Waals surface area contributed by atoms with Gasteiger partial charge in [-0.25, -0.2) is 18.4 Å². The van der Waals surface area contributed by atoms with Crippen LogP contribution in [0, 0.1) is 11.6 Å². The normalized spacial score (nSPS) is 19.9. The number of likely N-dealkylation sites (N-methyl/N-ethyl adjacent to an activating group) is 2. The molecule has 0 unspecified atom stereocenters. The highest BCUT2D eigenvalue weighted by atomic mass is 19.1. The predicted molar refractivity (Wildman–Crippen MR) is 271 cm³/mol. The number of H-pyrrole nitrogens is 2. The van der Waals surface area contributed by atoms with Crippen LogP contribution in [0.5, 0.6) is 0 Å². The van der Waals surface area contributed by atoms with Crippen molar-refractivity contribution in [1.29, 1.82) is 0 Å². The Morgan fingerprint density at radius 2 is 1.07 bits per heavy atom. The number of aromatic amines is 2. The first-order chi connectivity index (χ1) is 34.1. The van der Waals surface area contributed by atoms with E-state index >= 15 is 8.78 Å². The number of aliphatic hydroxyl groups is 2. The number of ether oxygens (including phenoxy) is 2. The molecule has 0 saturated carbocycles. The summed E-state index contributed by atoms with van der Waals surface area (Å²) in [6.07, 6.45) is -1.58. The minimum Gasteiger partial charge on any atom is -0.444 e. The van der Waals surface area contributed by atoms with E-state index in [2.05, 4.69) is 20.6 Å². The molecule has 400 valence electrons. The lowest BCUT2D eigenvalue weighted by Gasteiger charge is -2.32. The number of hydrogen-bond donors (Lipinski definition) is 6. The van der Waals surface area contributed by atoms with Crippen molar-refractivity contribution in [3.8, 4) is 11.4 Å². The largest absolute Gasteiger partial charge is 0.444 e. The zero-order valence-electron chi connectivity index (χ0n) is 44.2. The minimum absolute atomic E-state index is 0.0252. The van der Waals surface area contributed by atoms with Gasteiger partial charge in [0.2, 0.25) is 23.6 Å². The van der Waals surface area contributed by atoms with E-state index in [1.165, 1.54) is 52.2 Å². The Morgan fingerprint density at radius 3 is 1.44 bits per heavy atom. The number of halogens is 2. The molecule has 6 rings (SSSR count). The molecule has 6 N–H and O–H groups in total. The molecule has 20 heteroatoms. The van der Waals surface area contributed by atoms with Gasteiger partial charge in [0.1, 0.15) is 47.0 Å². The quantitative estimate of drug-likeness (QED) is 0.0735. The van der Waals surface area contributed by atoms with Gasteiger partial charge in [0.05, 0.1) is 23.6 Å². The maximum absolute atomic E-state index is 15.0. The summed E-state index contributed by atoms with van der Waals surface area (Å²) in [5.74, 6) is -3.03. The van der Waals surface area contributed by atoms with Crippen LogP contribution in [-0.2, 0) is 41.5 Å². The van der Waals surface area contributed by atoms with E-state index < -0.39 is 107 Å². The van der Waals surface area contributed by atoms with Crippen molar-refractivity contribution in [3.63, 3.8) is 0 Å². The smallest absolute Gasteiger partial charge is 0.410 e. The zero-order chi connectivity index (χ0) is 54.0. The fourth-order valence-electron chi connectivity index (χ4n) is 9.69. The van der Waals surface area contributed by atoms with Gasteiger partial charge in [-0.2, -0.15) is 0 Å². The van der Waals surface area contributed by atoms with E-state index in [0.29, 0.717) is 50.7 Å². The highest BCUT2D eigenvalue weighted by Crippen LogP contribution is 2.40. The van der Waals surface area contributed by atoms with Gasteiger partial charge in [0, 0.05) is 61.1 Å². The van der Waals surface area contributed by atoms with Crippen LogP contribution in [0.15, 0.2) is 36.4 Å². The van der Waals surface area contributed by atoms with Crippen LogP contribution in [0.25, 0.3) is 33.2 Å². The first-order valence-corrected chi connectivity index (χ1v) is 25.2.